The molecule has 1 aromatic carbocycles. The molecule has 1 aliphatic heterocycles. The van der Waals surface area contributed by atoms with E-state index in [-0.39, 0.29) is 11.6 Å². The van der Waals surface area contributed by atoms with Crippen LogP contribution in [0.15, 0.2) is 41.3 Å². The molecule has 1 N–H and O–H groups in total. The minimum Gasteiger partial charge on any atom is -0.352 e. The predicted molar refractivity (Wildman–Crippen MR) is 98.4 cm³/mol. The van der Waals surface area contributed by atoms with Crippen LogP contribution in [0.25, 0.3) is 11.0 Å². The van der Waals surface area contributed by atoms with Gasteiger partial charge >= 0.3 is 5.69 Å². The molecule has 26 heavy (non-hydrogen) atoms. The van der Waals surface area contributed by atoms with Crippen LogP contribution < -0.4 is 10.6 Å². The van der Waals surface area contributed by atoms with E-state index >= 15 is 0 Å². The second-order valence-corrected chi connectivity index (χ2v) is 6.27. The molecule has 8 nitrogen and oxygen atoms in total. The molecule has 1 amide bonds. The number of carbonyl (C=O) groups excluding carboxylic acids is 1. The molecule has 2 aromatic heterocycles. The number of aromatic amines is 1. The Kier molecular flexibility index (Phi) is 4.16. The van der Waals surface area contributed by atoms with Gasteiger partial charge in [0.05, 0.1) is 11.0 Å². The van der Waals surface area contributed by atoms with E-state index < -0.39 is 0 Å². The predicted octanol–water partition coefficient (Wildman–Crippen LogP) is 1.10. The highest BCUT2D eigenvalue weighted by molar-refractivity contribution is 5.97. The molecule has 0 unspecified atom stereocenters. The second kappa shape index (κ2) is 6.62. The number of amides is 1. The Morgan fingerprint density at radius 2 is 2.00 bits per heavy atom. The van der Waals surface area contributed by atoms with Crippen molar-refractivity contribution < 1.29 is 4.79 Å². The maximum atomic E-state index is 12.8. The van der Waals surface area contributed by atoms with Gasteiger partial charge in [-0.3, -0.25) is 9.36 Å². The van der Waals surface area contributed by atoms with Crippen molar-refractivity contribution in [2.75, 3.05) is 31.1 Å². The standard InChI is InChI=1S/C18H20N6O2/c1-2-24-15-6-5-13(12-14(15)20-18(24)26)17(25)23-10-8-22(9-11-23)16-4-3-7-19-21-16/h3-7,12H,2,8-11H2,1H3,(H,20,26). The summed E-state index contributed by atoms with van der Waals surface area (Å²) in [4.78, 5) is 31.5. The Morgan fingerprint density at radius 1 is 1.19 bits per heavy atom. The molecule has 3 heterocycles. The number of piperazine rings is 1. The summed E-state index contributed by atoms with van der Waals surface area (Å²) in [5.41, 5.74) is 1.96. The number of imidazole rings is 1. The molecule has 0 aliphatic carbocycles. The van der Waals surface area contributed by atoms with Gasteiger partial charge in [-0.2, -0.15) is 5.10 Å². The highest BCUT2D eigenvalue weighted by atomic mass is 16.2. The molecule has 3 aromatic rings. The van der Waals surface area contributed by atoms with Gasteiger partial charge in [-0.15, -0.1) is 5.10 Å². The molecule has 8 heteroatoms. The molecule has 1 saturated heterocycles. The zero-order valence-corrected chi connectivity index (χ0v) is 14.6. The maximum absolute atomic E-state index is 12.8. The largest absolute Gasteiger partial charge is 0.352 e. The van der Waals surface area contributed by atoms with Crippen molar-refractivity contribution in [2.45, 2.75) is 13.5 Å². The van der Waals surface area contributed by atoms with Crippen LogP contribution in [-0.2, 0) is 6.54 Å². The first-order valence-electron chi connectivity index (χ1n) is 8.72. The summed E-state index contributed by atoms with van der Waals surface area (Å²) >= 11 is 0. The number of fused-ring (bicyclic) bond motifs is 1. The van der Waals surface area contributed by atoms with Crippen LogP contribution in [0.5, 0.6) is 0 Å². The number of nitrogens with one attached hydrogen (secondary N) is 1. The van der Waals surface area contributed by atoms with Crippen LogP contribution in [0.4, 0.5) is 5.82 Å². The number of benzene rings is 1. The molecule has 4 rings (SSSR count). The Morgan fingerprint density at radius 3 is 2.69 bits per heavy atom. The number of H-pyrrole nitrogens is 1. The van der Waals surface area contributed by atoms with Gasteiger partial charge < -0.3 is 14.8 Å². The lowest BCUT2D eigenvalue weighted by atomic mass is 10.1. The molecule has 0 bridgehead atoms. The third-order valence-corrected chi connectivity index (χ3v) is 4.79. The minimum atomic E-state index is -0.148. The fourth-order valence-corrected chi connectivity index (χ4v) is 3.39. The van der Waals surface area contributed by atoms with Gasteiger partial charge in [-0.1, -0.05) is 0 Å². The molecule has 1 aliphatic rings. The van der Waals surface area contributed by atoms with E-state index in [2.05, 4.69) is 20.1 Å². The Labute approximate surface area is 150 Å². The number of aryl methyl sites for hydroxylation is 1. The number of hydrogen-bond acceptors (Lipinski definition) is 5. The van der Waals surface area contributed by atoms with Crippen molar-refractivity contribution in [1.82, 2.24) is 24.6 Å². The topological polar surface area (TPSA) is 87.1 Å². The summed E-state index contributed by atoms with van der Waals surface area (Å²) in [6, 6.07) is 9.17. The van der Waals surface area contributed by atoms with Crippen molar-refractivity contribution in [3.63, 3.8) is 0 Å². The number of anilines is 1. The van der Waals surface area contributed by atoms with E-state index in [1.54, 1.807) is 22.9 Å². The van der Waals surface area contributed by atoms with Crippen LogP contribution in [0.3, 0.4) is 0 Å². The quantitative estimate of drug-likeness (QED) is 0.763. The molecular weight excluding hydrogens is 332 g/mol. The molecule has 1 fully saturated rings. The monoisotopic (exact) mass is 352 g/mol. The first-order valence-corrected chi connectivity index (χ1v) is 8.72. The summed E-state index contributed by atoms with van der Waals surface area (Å²) in [6.45, 7) is 5.20. The van der Waals surface area contributed by atoms with Gasteiger partial charge in [0.15, 0.2) is 5.82 Å². The molecule has 134 valence electrons. The smallest absolute Gasteiger partial charge is 0.326 e. The van der Waals surface area contributed by atoms with Crippen LogP contribution in [0.1, 0.15) is 17.3 Å². The van der Waals surface area contributed by atoms with Crippen molar-refractivity contribution in [1.29, 1.82) is 0 Å². The fourth-order valence-electron chi connectivity index (χ4n) is 3.39. The maximum Gasteiger partial charge on any atom is 0.326 e. The fraction of sp³-hybridized carbons (Fsp3) is 0.333. The normalized spacial score (nSPS) is 14.8. The number of aromatic nitrogens is 4. The van der Waals surface area contributed by atoms with Crippen LogP contribution in [0.2, 0.25) is 0 Å². The summed E-state index contributed by atoms with van der Waals surface area (Å²) in [6.07, 6.45) is 1.65. The highest BCUT2D eigenvalue weighted by Crippen LogP contribution is 2.17. The van der Waals surface area contributed by atoms with E-state index in [1.165, 1.54) is 0 Å². The van der Waals surface area contributed by atoms with Crippen molar-refractivity contribution in [3.8, 4) is 0 Å². The third-order valence-electron chi connectivity index (χ3n) is 4.79. The summed E-state index contributed by atoms with van der Waals surface area (Å²) in [5.74, 6) is 0.815. The van der Waals surface area contributed by atoms with Crippen molar-refractivity contribution >= 4 is 22.8 Å². The van der Waals surface area contributed by atoms with E-state index in [0.717, 1.165) is 24.4 Å². The lowest BCUT2D eigenvalue weighted by Gasteiger charge is -2.35. The molecule has 0 radical (unpaired) electrons. The van der Waals surface area contributed by atoms with E-state index in [9.17, 15) is 9.59 Å². The zero-order chi connectivity index (χ0) is 18.1. The zero-order valence-electron chi connectivity index (χ0n) is 14.6. The highest BCUT2D eigenvalue weighted by Gasteiger charge is 2.23. The van der Waals surface area contributed by atoms with Gasteiger partial charge in [0.2, 0.25) is 0 Å². The lowest BCUT2D eigenvalue weighted by molar-refractivity contribution is 0.0746. The summed E-state index contributed by atoms with van der Waals surface area (Å²) in [5, 5.41) is 8.02. The molecular formula is C18H20N6O2. The van der Waals surface area contributed by atoms with Crippen molar-refractivity contribution in [2.24, 2.45) is 0 Å². The van der Waals surface area contributed by atoms with E-state index in [1.807, 2.05) is 30.0 Å². The van der Waals surface area contributed by atoms with E-state index in [4.69, 9.17) is 0 Å². The Hall–Kier alpha value is -3.16. The average molecular weight is 352 g/mol. The number of rotatable bonds is 3. The first-order chi connectivity index (χ1) is 12.7. The molecule has 0 atom stereocenters. The first kappa shape index (κ1) is 16.3. The number of carbonyl (C=O) groups is 1. The van der Waals surface area contributed by atoms with E-state index in [0.29, 0.717) is 30.7 Å². The third kappa shape index (κ3) is 2.83. The average Bonchev–Trinajstić information content (AvgIpc) is 3.02. The van der Waals surface area contributed by atoms with Gasteiger partial charge in [0.25, 0.3) is 5.91 Å². The second-order valence-electron chi connectivity index (χ2n) is 6.27. The Balaban J connectivity index is 1.50. The molecule has 0 saturated carbocycles. The van der Waals surface area contributed by atoms with Crippen LogP contribution >= 0.6 is 0 Å². The van der Waals surface area contributed by atoms with Gasteiger partial charge in [-0.25, -0.2) is 4.79 Å². The van der Waals surface area contributed by atoms with Gasteiger partial charge in [0.1, 0.15) is 0 Å². The molecule has 0 spiro atoms. The summed E-state index contributed by atoms with van der Waals surface area (Å²) < 4.78 is 1.66. The SMILES string of the molecule is CCn1c(=O)[nH]c2cc(C(=O)N3CCN(c4cccnn4)CC3)ccc21. The lowest BCUT2D eigenvalue weighted by Crippen LogP contribution is -2.49. The Bertz CT molecular complexity index is 986. The summed E-state index contributed by atoms with van der Waals surface area (Å²) in [7, 11) is 0. The van der Waals surface area contributed by atoms with Crippen LogP contribution in [-0.4, -0.2) is 56.7 Å². The minimum absolute atomic E-state index is 0.0178. The number of hydrogen-bond donors (Lipinski definition) is 1. The van der Waals surface area contributed by atoms with Crippen LogP contribution in [0, 0.1) is 0 Å². The van der Waals surface area contributed by atoms with Gasteiger partial charge in [0, 0.05) is 44.5 Å². The number of nitrogens with zero attached hydrogens (tertiary/aromatic N) is 5. The van der Waals surface area contributed by atoms with Gasteiger partial charge in [-0.05, 0) is 37.3 Å². The van der Waals surface area contributed by atoms with Crippen molar-refractivity contribution in [3.05, 3.63) is 52.6 Å².